The maximum absolute atomic E-state index is 13.9. The molecular weight excluding hydrogens is 474 g/mol. The van der Waals surface area contributed by atoms with Crippen LogP contribution in [0, 0.1) is 11.3 Å². The number of carbonyl (C=O) groups is 1. The summed E-state index contributed by atoms with van der Waals surface area (Å²) < 4.78 is 1.81. The highest BCUT2D eigenvalue weighted by Gasteiger charge is 2.30. The minimum atomic E-state index is -0.0327. The van der Waals surface area contributed by atoms with Crippen LogP contribution in [0.1, 0.15) is 48.0 Å². The van der Waals surface area contributed by atoms with Gasteiger partial charge in [-0.05, 0) is 80.1 Å². The summed E-state index contributed by atoms with van der Waals surface area (Å²) >= 11 is 0. The van der Waals surface area contributed by atoms with E-state index in [1.807, 2.05) is 30.2 Å². The van der Waals surface area contributed by atoms with E-state index in [2.05, 4.69) is 53.4 Å². The van der Waals surface area contributed by atoms with Crippen LogP contribution in [0.25, 0.3) is 16.5 Å². The molecule has 6 rings (SSSR count). The van der Waals surface area contributed by atoms with Gasteiger partial charge in [0, 0.05) is 49.0 Å². The smallest absolute Gasteiger partial charge is 0.261 e. The number of nitrogens with zero attached hydrogens (tertiary/aromatic N) is 6. The average Bonchev–Trinajstić information content (AvgIpc) is 3.54. The number of amides is 1. The first-order chi connectivity index (χ1) is 18.5. The van der Waals surface area contributed by atoms with Gasteiger partial charge in [0.2, 0.25) is 0 Å². The van der Waals surface area contributed by atoms with Gasteiger partial charge in [-0.2, -0.15) is 10.4 Å². The fourth-order valence-corrected chi connectivity index (χ4v) is 5.95. The lowest BCUT2D eigenvalue weighted by Gasteiger charge is -2.37. The average molecular weight is 506 g/mol. The van der Waals surface area contributed by atoms with E-state index in [0.717, 1.165) is 53.2 Å². The van der Waals surface area contributed by atoms with Gasteiger partial charge in [-0.25, -0.2) is 9.67 Å². The Morgan fingerprint density at radius 2 is 1.89 bits per heavy atom. The summed E-state index contributed by atoms with van der Waals surface area (Å²) in [5.74, 6) is 0.947. The molecular formula is C30H31N7O. The minimum absolute atomic E-state index is 0.0327. The highest BCUT2D eigenvalue weighted by Crippen LogP contribution is 2.37. The summed E-state index contributed by atoms with van der Waals surface area (Å²) in [6.45, 7) is 8.87. The predicted octanol–water partition coefficient (Wildman–Crippen LogP) is 4.24. The van der Waals surface area contributed by atoms with Gasteiger partial charge in [0.1, 0.15) is 5.82 Å². The first-order valence-electron chi connectivity index (χ1n) is 13.3. The van der Waals surface area contributed by atoms with Crippen molar-refractivity contribution in [1.29, 1.82) is 5.26 Å². The van der Waals surface area contributed by atoms with Crippen LogP contribution in [0.5, 0.6) is 0 Å². The highest BCUT2D eigenvalue weighted by molar-refractivity contribution is 6.09. The number of fused-ring (bicyclic) bond motifs is 2. The largest absolute Gasteiger partial charge is 0.353 e. The van der Waals surface area contributed by atoms with Crippen LogP contribution in [0.2, 0.25) is 0 Å². The molecule has 4 heterocycles. The van der Waals surface area contributed by atoms with Gasteiger partial charge in [-0.15, -0.1) is 0 Å². The molecule has 38 heavy (non-hydrogen) atoms. The summed E-state index contributed by atoms with van der Waals surface area (Å²) in [6.07, 6.45) is 5.05. The van der Waals surface area contributed by atoms with Gasteiger partial charge in [-0.3, -0.25) is 4.79 Å². The van der Waals surface area contributed by atoms with Crippen molar-refractivity contribution < 1.29 is 4.79 Å². The Morgan fingerprint density at radius 1 is 1.13 bits per heavy atom. The lowest BCUT2D eigenvalue weighted by Crippen LogP contribution is -2.54. The number of benzene rings is 2. The molecule has 0 saturated carbocycles. The van der Waals surface area contributed by atoms with E-state index in [1.165, 1.54) is 5.56 Å². The SMILES string of the molecule is CCc1c(C(=O)N2CCc3cc4ccnc(N5C[C@@H](C)N[C@@H](C)C5)c4cc32)cnn1-c1ccc(C#N)cc1. The van der Waals surface area contributed by atoms with Crippen molar-refractivity contribution in [2.75, 3.05) is 29.4 Å². The van der Waals surface area contributed by atoms with Gasteiger partial charge in [0.15, 0.2) is 0 Å². The molecule has 8 heteroatoms. The number of aromatic nitrogens is 3. The molecule has 2 aliphatic rings. The summed E-state index contributed by atoms with van der Waals surface area (Å²) in [4.78, 5) is 23.0. The molecule has 1 N–H and O–H groups in total. The Morgan fingerprint density at radius 3 is 2.61 bits per heavy atom. The third-order valence-electron chi connectivity index (χ3n) is 7.62. The Bertz CT molecular complexity index is 1560. The Kier molecular flexibility index (Phi) is 6.09. The first kappa shape index (κ1) is 24.1. The van der Waals surface area contributed by atoms with Crippen molar-refractivity contribution in [1.82, 2.24) is 20.1 Å². The van der Waals surface area contributed by atoms with E-state index in [0.29, 0.717) is 36.2 Å². The normalized spacial score (nSPS) is 19.0. The third kappa shape index (κ3) is 4.09. The van der Waals surface area contributed by atoms with Crippen molar-refractivity contribution in [3.05, 3.63) is 77.2 Å². The van der Waals surface area contributed by atoms with E-state index in [9.17, 15) is 4.79 Å². The number of anilines is 2. The molecule has 0 spiro atoms. The molecule has 192 valence electrons. The van der Waals surface area contributed by atoms with Crippen LogP contribution in [0.15, 0.2) is 54.9 Å². The molecule has 4 aromatic rings. The Balaban J connectivity index is 1.37. The molecule has 8 nitrogen and oxygen atoms in total. The second kappa shape index (κ2) is 9.58. The van der Waals surface area contributed by atoms with Crippen molar-refractivity contribution >= 4 is 28.2 Å². The number of nitriles is 1. The zero-order valence-electron chi connectivity index (χ0n) is 22.0. The van der Waals surface area contributed by atoms with Gasteiger partial charge in [0.25, 0.3) is 5.91 Å². The maximum Gasteiger partial charge on any atom is 0.261 e. The Labute approximate surface area is 222 Å². The van der Waals surface area contributed by atoms with Gasteiger partial charge in [0.05, 0.1) is 34.8 Å². The highest BCUT2D eigenvalue weighted by atomic mass is 16.2. The molecule has 1 amide bonds. The fraction of sp³-hybridized carbons (Fsp3) is 0.333. The van der Waals surface area contributed by atoms with Crippen molar-refractivity contribution in [2.45, 2.75) is 45.7 Å². The minimum Gasteiger partial charge on any atom is -0.353 e. The number of carbonyl (C=O) groups excluding carboxylic acids is 1. The summed E-state index contributed by atoms with van der Waals surface area (Å²) in [6, 6.07) is 16.6. The van der Waals surface area contributed by atoms with E-state index in [-0.39, 0.29) is 5.91 Å². The lowest BCUT2D eigenvalue weighted by molar-refractivity contribution is 0.0988. The number of piperazine rings is 1. The molecule has 0 radical (unpaired) electrons. The number of rotatable bonds is 4. The van der Waals surface area contributed by atoms with Crippen LogP contribution >= 0.6 is 0 Å². The number of pyridine rings is 1. The van der Waals surface area contributed by atoms with E-state index < -0.39 is 0 Å². The predicted molar refractivity (Wildman–Crippen MR) is 149 cm³/mol. The standard InChI is InChI=1S/C30H31N7O/c1-4-27-26(16-33-37(27)24-7-5-21(15-31)6-8-24)30(38)36-12-10-23-13-22-9-11-32-29(25(22)14-28(23)36)35-17-19(2)34-20(3)18-35/h5-9,11,13-14,16,19-20,34H,4,10,12,17-18H2,1-3H3/t19-,20+. The quantitative estimate of drug-likeness (QED) is 0.446. The monoisotopic (exact) mass is 505 g/mol. The van der Waals surface area contributed by atoms with E-state index in [1.54, 1.807) is 23.0 Å². The van der Waals surface area contributed by atoms with E-state index in [4.69, 9.17) is 10.2 Å². The topological polar surface area (TPSA) is 90.1 Å². The number of hydrogen-bond acceptors (Lipinski definition) is 6. The van der Waals surface area contributed by atoms with Crippen LogP contribution in [-0.4, -0.2) is 52.4 Å². The Hall–Kier alpha value is -4.22. The zero-order chi connectivity index (χ0) is 26.4. The van der Waals surface area contributed by atoms with Gasteiger partial charge in [-0.1, -0.05) is 6.92 Å². The van der Waals surface area contributed by atoms with Crippen molar-refractivity contribution in [3.8, 4) is 11.8 Å². The number of nitrogens with one attached hydrogen (secondary N) is 1. The molecule has 2 aromatic heterocycles. The summed E-state index contributed by atoms with van der Waals surface area (Å²) in [5.41, 5.74) is 5.04. The zero-order valence-corrected chi connectivity index (χ0v) is 22.0. The fourth-order valence-electron chi connectivity index (χ4n) is 5.95. The van der Waals surface area contributed by atoms with Crippen LogP contribution in [0.3, 0.4) is 0 Å². The molecule has 0 unspecified atom stereocenters. The molecule has 2 aliphatic heterocycles. The second-order valence-corrected chi connectivity index (χ2v) is 10.3. The van der Waals surface area contributed by atoms with Gasteiger partial charge < -0.3 is 15.1 Å². The summed E-state index contributed by atoms with van der Waals surface area (Å²) in [7, 11) is 0. The summed E-state index contributed by atoms with van der Waals surface area (Å²) in [5, 5.41) is 19.5. The molecule has 2 aromatic carbocycles. The van der Waals surface area contributed by atoms with Crippen LogP contribution < -0.4 is 15.1 Å². The molecule has 1 saturated heterocycles. The van der Waals surface area contributed by atoms with Gasteiger partial charge >= 0.3 is 0 Å². The molecule has 2 atom stereocenters. The van der Waals surface area contributed by atoms with Crippen molar-refractivity contribution in [2.24, 2.45) is 0 Å². The van der Waals surface area contributed by atoms with Crippen LogP contribution in [0.4, 0.5) is 11.5 Å². The molecule has 0 aliphatic carbocycles. The molecule has 0 bridgehead atoms. The molecule has 1 fully saturated rings. The lowest BCUT2D eigenvalue weighted by atomic mass is 10.0. The maximum atomic E-state index is 13.9. The first-order valence-corrected chi connectivity index (χ1v) is 13.3. The van der Waals surface area contributed by atoms with Crippen molar-refractivity contribution in [3.63, 3.8) is 0 Å². The number of hydrogen-bond donors (Lipinski definition) is 1. The van der Waals surface area contributed by atoms with Crippen LogP contribution in [-0.2, 0) is 12.8 Å². The second-order valence-electron chi connectivity index (χ2n) is 10.3. The third-order valence-corrected chi connectivity index (χ3v) is 7.62. The van der Waals surface area contributed by atoms with E-state index >= 15 is 0 Å².